The van der Waals surface area contributed by atoms with Crippen molar-refractivity contribution in [2.24, 2.45) is 0 Å². The number of nitrogens with one attached hydrogen (secondary N) is 1. The molecule has 0 saturated carbocycles. The Labute approximate surface area is 194 Å². The molecule has 0 atom stereocenters. The van der Waals surface area contributed by atoms with Crippen LogP contribution < -0.4 is 5.32 Å². The summed E-state index contributed by atoms with van der Waals surface area (Å²) in [6.07, 6.45) is 0. The Morgan fingerprint density at radius 2 is 1.84 bits per heavy atom. The molecule has 32 heavy (non-hydrogen) atoms. The molecule has 9 heteroatoms. The van der Waals surface area contributed by atoms with Gasteiger partial charge in [0, 0.05) is 11.3 Å². The number of thiophene rings is 1. The van der Waals surface area contributed by atoms with Crippen molar-refractivity contribution in [3.63, 3.8) is 0 Å². The van der Waals surface area contributed by atoms with Crippen molar-refractivity contribution in [3.8, 4) is 11.3 Å². The average Bonchev–Trinajstić information content (AvgIpc) is 3.08. The first-order valence-electron chi connectivity index (χ1n) is 9.95. The summed E-state index contributed by atoms with van der Waals surface area (Å²) in [5, 5.41) is 3.54. The molecule has 0 radical (unpaired) electrons. The molecule has 0 unspecified atom stereocenters. The normalized spacial score (nSPS) is 10.6. The van der Waals surface area contributed by atoms with E-state index >= 15 is 0 Å². The zero-order valence-corrected chi connectivity index (χ0v) is 19.9. The van der Waals surface area contributed by atoms with Crippen molar-refractivity contribution in [1.82, 2.24) is 9.97 Å². The van der Waals surface area contributed by atoms with Gasteiger partial charge in [-0.15, -0.1) is 11.3 Å². The van der Waals surface area contributed by atoms with Crippen LogP contribution in [0.4, 0.5) is 5.00 Å². The van der Waals surface area contributed by atoms with Gasteiger partial charge < -0.3 is 10.1 Å². The molecule has 166 valence electrons. The number of hydrogen-bond donors (Lipinski definition) is 1. The molecule has 0 aliphatic rings. The molecule has 0 aliphatic carbocycles. The molecule has 1 N–H and O–H groups in total. The van der Waals surface area contributed by atoms with Crippen LogP contribution in [0.1, 0.15) is 45.1 Å². The number of benzene rings is 1. The van der Waals surface area contributed by atoms with Crippen LogP contribution in [0.25, 0.3) is 11.3 Å². The second-order valence-corrected chi connectivity index (χ2v) is 8.88. The summed E-state index contributed by atoms with van der Waals surface area (Å²) in [6.45, 7) is 6.87. The molecule has 3 aromatic rings. The van der Waals surface area contributed by atoms with E-state index in [4.69, 9.17) is 4.74 Å². The number of anilines is 1. The molecule has 7 nitrogen and oxygen atoms in total. The molecular formula is C23H23N3O4S2. The first-order valence-corrected chi connectivity index (χ1v) is 11.8. The monoisotopic (exact) mass is 469 g/mol. The van der Waals surface area contributed by atoms with Crippen LogP contribution in [0, 0.1) is 13.8 Å². The van der Waals surface area contributed by atoms with Crippen LogP contribution in [-0.2, 0) is 9.53 Å². The Hall–Kier alpha value is -3.04. The topological polar surface area (TPSA) is 98.2 Å². The fraction of sp³-hybridized carbons (Fsp3) is 0.261. The fourth-order valence-electron chi connectivity index (χ4n) is 3.04. The largest absolute Gasteiger partial charge is 0.462 e. The van der Waals surface area contributed by atoms with E-state index in [2.05, 4.69) is 15.3 Å². The van der Waals surface area contributed by atoms with Crippen molar-refractivity contribution < 1.29 is 19.1 Å². The molecule has 0 saturated heterocycles. The smallest absolute Gasteiger partial charge is 0.341 e. The van der Waals surface area contributed by atoms with Crippen LogP contribution in [0.3, 0.4) is 0 Å². The van der Waals surface area contributed by atoms with Crippen LogP contribution in [0.15, 0.2) is 41.6 Å². The highest BCUT2D eigenvalue weighted by atomic mass is 32.2. The molecular weight excluding hydrogens is 446 g/mol. The summed E-state index contributed by atoms with van der Waals surface area (Å²) in [4.78, 5) is 46.3. The Morgan fingerprint density at radius 3 is 2.50 bits per heavy atom. The van der Waals surface area contributed by atoms with E-state index in [1.54, 1.807) is 13.8 Å². The number of aromatic nitrogens is 2. The number of ether oxygens (including phenoxy) is 1. The predicted octanol–water partition coefficient (Wildman–Crippen LogP) is 4.93. The van der Waals surface area contributed by atoms with E-state index in [0.29, 0.717) is 20.6 Å². The van der Waals surface area contributed by atoms with Gasteiger partial charge >= 0.3 is 5.97 Å². The van der Waals surface area contributed by atoms with Crippen LogP contribution in [0.2, 0.25) is 0 Å². The van der Waals surface area contributed by atoms with E-state index in [1.165, 1.54) is 18.7 Å². The van der Waals surface area contributed by atoms with Gasteiger partial charge in [-0.3, -0.25) is 9.59 Å². The Balaban J connectivity index is 1.76. The van der Waals surface area contributed by atoms with Crippen molar-refractivity contribution in [1.29, 1.82) is 0 Å². The van der Waals surface area contributed by atoms with Gasteiger partial charge in [-0.25, -0.2) is 14.8 Å². The van der Waals surface area contributed by atoms with Gasteiger partial charge in [0.1, 0.15) is 5.00 Å². The zero-order valence-electron chi connectivity index (χ0n) is 18.2. The number of nitrogens with zero attached hydrogens (tertiary/aromatic N) is 2. The third kappa shape index (κ3) is 5.60. The minimum absolute atomic E-state index is 0.0479. The number of rotatable bonds is 8. The van der Waals surface area contributed by atoms with Crippen LogP contribution in [0.5, 0.6) is 0 Å². The van der Waals surface area contributed by atoms with E-state index < -0.39 is 5.97 Å². The lowest BCUT2D eigenvalue weighted by molar-refractivity contribution is -0.113. The van der Waals surface area contributed by atoms with Gasteiger partial charge in [-0.1, -0.05) is 42.1 Å². The number of aryl methyl sites for hydroxylation is 1. The van der Waals surface area contributed by atoms with E-state index in [0.717, 1.165) is 28.3 Å². The fourth-order valence-corrected chi connectivity index (χ4v) is 4.85. The van der Waals surface area contributed by atoms with Crippen molar-refractivity contribution in [3.05, 3.63) is 58.1 Å². The summed E-state index contributed by atoms with van der Waals surface area (Å²) in [7, 11) is 0. The lowest BCUT2D eigenvalue weighted by Gasteiger charge is -2.08. The average molecular weight is 470 g/mol. The summed E-state index contributed by atoms with van der Waals surface area (Å²) < 4.78 is 5.10. The number of carbonyl (C=O) groups excluding carboxylic acids is 3. The highest BCUT2D eigenvalue weighted by Crippen LogP contribution is 2.34. The highest BCUT2D eigenvalue weighted by Gasteiger charge is 2.25. The third-order valence-corrected chi connectivity index (χ3v) is 6.59. The lowest BCUT2D eigenvalue weighted by atomic mass is 10.1. The Morgan fingerprint density at radius 1 is 1.12 bits per heavy atom. The Bertz CT molecular complexity index is 1160. The number of amides is 1. The molecule has 0 spiro atoms. The van der Waals surface area contributed by atoms with Crippen LogP contribution in [-0.4, -0.2) is 40.0 Å². The van der Waals surface area contributed by atoms with Gasteiger partial charge in [0.2, 0.25) is 5.91 Å². The zero-order chi connectivity index (χ0) is 23.3. The van der Waals surface area contributed by atoms with Gasteiger partial charge in [0.05, 0.1) is 28.5 Å². The molecule has 0 aliphatic heterocycles. The second kappa shape index (κ2) is 10.5. The van der Waals surface area contributed by atoms with Gasteiger partial charge in [0.15, 0.2) is 10.9 Å². The minimum atomic E-state index is -0.564. The van der Waals surface area contributed by atoms with Gasteiger partial charge in [-0.05, 0) is 39.3 Å². The second-order valence-electron chi connectivity index (χ2n) is 6.92. The van der Waals surface area contributed by atoms with Gasteiger partial charge in [0.25, 0.3) is 0 Å². The van der Waals surface area contributed by atoms with E-state index in [9.17, 15) is 14.4 Å². The summed E-state index contributed by atoms with van der Waals surface area (Å²) in [6, 6.07) is 11.6. The number of carbonyl (C=O) groups is 3. The molecule has 1 amide bonds. The predicted molar refractivity (Wildman–Crippen MR) is 127 cm³/mol. The van der Waals surface area contributed by atoms with Crippen molar-refractivity contribution in [2.45, 2.75) is 32.9 Å². The third-order valence-electron chi connectivity index (χ3n) is 4.43. The molecule has 2 heterocycles. The Kier molecular flexibility index (Phi) is 7.76. The first-order chi connectivity index (χ1) is 15.3. The summed E-state index contributed by atoms with van der Waals surface area (Å²) in [5.41, 5.74) is 3.28. The van der Waals surface area contributed by atoms with Gasteiger partial charge in [-0.2, -0.15) is 0 Å². The van der Waals surface area contributed by atoms with E-state index in [-0.39, 0.29) is 29.6 Å². The number of hydrogen-bond acceptors (Lipinski definition) is 8. The molecule has 3 rings (SSSR count). The maximum Gasteiger partial charge on any atom is 0.341 e. The number of Topliss-reactive ketones (excluding diaryl/α,β-unsaturated/α-hetero) is 1. The summed E-state index contributed by atoms with van der Waals surface area (Å²) in [5.74, 6) is -1.02. The molecule has 0 bridgehead atoms. The van der Waals surface area contributed by atoms with Crippen molar-refractivity contribution >= 4 is 45.8 Å². The SMILES string of the molecule is CCOC(=O)c1c(NC(=O)CSc2nc(C)cc(-c3ccccc3)n2)sc(C(C)=O)c1C. The van der Waals surface area contributed by atoms with E-state index in [1.807, 2.05) is 43.3 Å². The number of ketones is 1. The minimum Gasteiger partial charge on any atom is -0.462 e. The quantitative estimate of drug-likeness (QED) is 0.216. The molecule has 1 aromatic carbocycles. The summed E-state index contributed by atoms with van der Waals surface area (Å²) >= 11 is 2.28. The maximum atomic E-state index is 12.6. The number of thioether (sulfide) groups is 1. The van der Waals surface area contributed by atoms with Crippen LogP contribution >= 0.6 is 23.1 Å². The lowest BCUT2D eigenvalue weighted by Crippen LogP contribution is -2.16. The maximum absolute atomic E-state index is 12.6. The molecule has 0 fully saturated rings. The highest BCUT2D eigenvalue weighted by molar-refractivity contribution is 7.99. The molecule has 2 aromatic heterocycles. The first kappa shape index (κ1) is 23.6. The standard InChI is InChI=1S/C23H23N3O4S2/c1-5-30-22(29)19-14(3)20(15(4)27)32-21(19)26-18(28)12-31-23-24-13(2)11-17(25-23)16-9-7-6-8-10-16/h6-11H,5,12H2,1-4H3,(H,26,28). The number of esters is 1. The van der Waals surface area contributed by atoms with Crippen molar-refractivity contribution in [2.75, 3.05) is 17.7 Å².